The van der Waals surface area contributed by atoms with Gasteiger partial charge in [0.05, 0.1) is 5.56 Å². The van der Waals surface area contributed by atoms with Crippen molar-refractivity contribution in [3.63, 3.8) is 0 Å². The van der Waals surface area contributed by atoms with Crippen molar-refractivity contribution in [2.45, 2.75) is 0 Å². The van der Waals surface area contributed by atoms with Gasteiger partial charge in [-0.3, -0.25) is 0 Å². The quantitative estimate of drug-likeness (QED) is 0.122. The highest BCUT2D eigenvalue weighted by molar-refractivity contribution is 5.73. The molecule has 200 valence electrons. The standard InChI is InChI=1S/C33H18F5N3/c34-26-25(27(35)29(37)30(38)28(26)36)21-15-11-19(12-16-21)20-13-17-24(18-14-20)33-40-31(22-7-3-1-4-8-22)39-32(41-33)23-9-5-2-6-10-23/h1-18H. The van der Waals surface area contributed by atoms with Crippen LogP contribution in [0.1, 0.15) is 0 Å². The lowest BCUT2D eigenvalue weighted by Crippen LogP contribution is -2.03. The Kier molecular flexibility index (Phi) is 6.81. The van der Waals surface area contributed by atoms with Gasteiger partial charge in [-0.2, -0.15) is 0 Å². The van der Waals surface area contributed by atoms with Gasteiger partial charge < -0.3 is 0 Å². The van der Waals surface area contributed by atoms with Crippen molar-refractivity contribution in [3.05, 3.63) is 138 Å². The highest BCUT2D eigenvalue weighted by Crippen LogP contribution is 2.33. The largest absolute Gasteiger partial charge is 0.208 e. The summed E-state index contributed by atoms with van der Waals surface area (Å²) in [7, 11) is 0. The SMILES string of the molecule is Fc1c(F)c(F)c(-c2ccc(-c3ccc(-c4nc(-c5ccccc5)nc(-c5ccccc5)n4)cc3)cc2)c(F)c1F. The van der Waals surface area contributed by atoms with Crippen LogP contribution in [0.25, 0.3) is 56.4 Å². The highest BCUT2D eigenvalue weighted by atomic mass is 19.2. The molecular weight excluding hydrogens is 533 g/mol. The number of halogens is 5. The first kappa shape index (κ1) is 26.0. The molecule has 0 aliphatic rings. The lowest BCUT2D eigenvalue weighted by Gasteiger charge is -2.10. The van der Waals surface area contributed by atoms with Crippen molar-refractivity contribution in [2.75, 3.05) is 0 Å². The van der Waals surface area contributed by atoms with Crippen LogP contribution in [0.15, 0.2) is 109 Å². The van der Waals surface area contributed by atoms with Crippen LogP contribution in [0.5, 0.6) is 0 Å². The van der Waals surface area contributed by atoms with Gasteiger partial charge in [0.25, 0.3) is 0 Å². The summed E-state index contributed by atoms with van der Waals surface area (Å²) < 4.78 is 69.3. The van der Waals surface area contributed by atoms with E-state index < -0.39 is 34.6 Å². The fraction of sp³-hybridized carbons (Fsp3) is 0. The zero-order valence-electron chi connectivity index (χ0n) is 21.1. The fourth-order valence-electron chi connectivity index (χ4n) is 4.44. The third-order valence-corrected chi connectivity index (χ3v) is 6.56. The molecule has 6 aromatic rings. The molecule has 6 rings (SSSR count). The predicted molar refractivity (Wildman–Crippen MR) is 147 cm³/mol. The first-order valence-corrected chi connectivity index (χ1v) is 12.5. The van der Waals surface area contributed by atoms with Gasteiger partial charge in [-0.1, -0.05) is 109 Å². The number of benzene rings is 5. The van der Waals surface area contributed by atoms with E-state index in [9.17, 15) is 22.0 Å². The molecule has 0 atom stereocenters. The van der Waals surface area contributed by atoms with Gasteiger partial charge in [0.1, 0.15) is 0 Å². The third-order valence-electron chi connectivity index (χ3n) is 6.56. The van der Waals surface area contributed by atoms with Gasteiger partial charge in [0.2, 0.25) is 5.82 Å². The zero-order chi connectivity index (χ0) is 28.5. The van der Waals surface area contributed by atoms with E-state index in [0.717, 1.165) is 22.3 Å². The van der Waals surface area contributed by atoms with Crippen molar-refractivity contribution >= 4 is 0 Å². The van der Waals surface area contributed by atoms with E-state index >= 15 is 0 Å². The number of rotatable bonds is 5. The second-order valence-corrected chi connectivity index (χ2v) is 9.14. The van der Waals surface area contributed by atoms with E-state index in [1.54, 1.807) is 12.1 Å². The minimum atomic E-state index is -2.19. The molecule has 0 saturated heterocycles. The van der Waals surface area contributed by atoms with E-state index in [2.05, 4.69) is 4.98 Å². The maximum Gasteiger partial charge on any atom is 0.200 e. The number of aromatic nitrogens is 3. The first-order chi connectivity index (χ1) is 19.9. The van der Waals surface area contributed by atoms with Crippen molar-refractivity contribution in [1.82, 2.24) is 15.0 Å². The van der Waals surface area contributed by atoms with Crippen molar-refractivity contribution < 1.29 is 22.0 Å². The minimum absolute atomic E-state index is 0.134. The van der Waals surface area contributed by atoms with Gasteiger partial charge in [-0.15, -0.1) is 0 Å². The molecule has 8 heteroatoms. The normalized spacial score (nSPS) is 11.0. The van der Waals surface area contributed by atoms with Gasteiger partial charge >= 0.3 is 0 Å². The van der Waals surface area contributed by atoms with E-state index in [-0.39, 0.29) is 5.56 Å². The number of hydrogen-bond donors (Lipinski definition) is 0. The average molecular weight is 552 g/mol. The van der Waals surface area contributed by atoms with Gasteiger partial charge in [-0.25, -0.2) is 36.9 Å². The molecular formula is C33H18F5N3. The van der Waals surface area contributed by atoms with Crippen LogP contribution >= 0.6 is 0 Å². The van der Waals surface area contributed by atoms with E-state index in [0.29, 0.717) is 23.0 Å². The molecule has 5 aromatic carbocycles. The predicted octanol–water partition coefficient (Wildman–Crippen LogP) is 8.90. The number of nitrogens with zero attached hydrogens (tertiary/aromatic N) is 3. The summed E-state index contributed by atoms with van der Waals surface area (Å²) >= 11 is 0. The Morgan fingerprint density at radius 1 is 0.293 bits per heavy atom. The minimum Gasteiger partial charge on any atom is -0.208 e. The Morgan fingerprint density at radius 2 is 0.585 bits per heavy atom. The van der Waals surface area contributed by atoms with Crippen LogP contribution in [0.2, 0.25) is 0 Å². The summed E-state index contributed by atoms with van der Waals surface area (Å²) in [4.78, 5) is 14.1. The first-order valence-electron chi connectivity index (χ1n) is 12.5. The van der Waals surface area contributed by atoms with Crippen LogP contribution in [0.4, 0.5) is 22.0 Å². The van der Waals surface area contributed by atoms with Crippen LogP contribution in [0.3, 0.4) is 0 Å². The molecule has 0 spiro atoms. The van der Waals surface area contributed by atoms with Crippen molar-refractivity contribution in [2.24, 2.45) is 0 Å². The molecule has 0 N–H and O–H groups in total. The summed E-state index contributed by atoms with van der Waals surface area (Å²) in [6.45, 7) is 0. The second kappa shape index (κ2) is 10.7. The maximum absolute atomic E-state index is 14.3. The van der Waals surface area contributed by atoms with Gasteiger partial charge in [0, 0.05) is 16.7 Å². The summed E-state index contributed by atoms with van der Waals surface area (Å²) in [5, 5.41) is 0. The van der Waals surface area contributed by atoms with E-state index in [1.165, 1.54) is 12.1 Å². The van der Waals surface area contributed by atoms with Crippen LogP contribution in [-0.2, 0) is 0 Å². The van der Waals surface area contributed by atoms with Gasteiger partial charge in [-0.05, 0) is 16.7 Å². The van der Waals surface area contributed by atoms with E-state index in [1.807, 2.05) is 84.9 Å². The fourth-order valence-corrected chi connectivity index (χ4v) is 4.44. The molecule has 0 saturated carbocycles. The summed E-state index contributed by atoms with van der Waals surface area (Å²) in [6.07, 6.45) is 0. The smallest absolute Gasteiger partial charge is 0.200 e. The Balaban J connectivity index is 1.34. The molecule has 0 amide bonds. The molecule has 0 radical (unpaired) electrons. The van der Waals surface area contributed by atoms with E-state index in [4.69, 9.17) is 9.97 Å². The summed E-state index contributed by atoms with van der Waals surface area (Å²) in [5.74, 6) is -8.37. The molecule has 0 aliphatic heterocycles. The number of hydrogen-bond acceptors (Lipinski definition) is 3. The molecule has 1 aromatic heterocycles. The highest BCUT2D eigenvalue weighted by Gasteiger charge is 2.26. The summed E-state index contributed by atoms with van der Waals surface area (Å²) in [5.41, 5.74) is 2.76. The van der Waals surface area contributed by atoms with Crippen molar-refractivity contribution in [1.29, 1.82) is 0 Å². The van der Waals surface area contributed by atoms with Crippen molar-refractivity contribution in [3.8, 4) is 56.4 Å². The second-order valence-electron chi connectivity index (χ2n) is 9.14. The van der Waals surface area contributed by atoms with Crippen LogP contribution in [-0.4, -0.2) is 15.0 Å². The van der Waals surface area contributed by atoms with Crippen LogP contribution < -0.4 is 0 Å². The molecule has 41 heavy (non-hydrogen) atoms. The van der Waals surface area contributed by atoms with Crippen LogP contribution in [0, 0.1) is 29.1 Å². The maximum atomic E-state index is 14.3. The molecule has 0 unspecified atom stereocenters. The Labute approximate surface area is 231 Å². The Morgan fingerprint density at radius 3 is 0.976 bits per heavy atom. The zero-order valence-corrected chi connectivity index (χ0v) is 21.1. The monoisotopic (exact) mass is 551 g/mol. The Bertz CT molecular complexity index is 1770. The topological polar surface area (TPSA) is 38.7 Å². The third kappa shape index (κ3) is 4.96. The molecule has 0 bridgehead atoms. The lowest BCUT2D eigenvalue weighted by molar-refractivity contribution is 0.381. The average Bonchev–Trinajstić information content (AvgIpc) is 3.04. The molecule has 0 aliphatic carbocycles. The lowest BCUT2D eigenvalue weighted by atomic mass is 9.98. The van der Waals surface area contributed by atoms with Gasteiger partial charge in [0.15, 0.2) is 40.7 Å². The summed E-state index contributed by atoms with van der Waals surface area (Å²) in [6, 6.07) is 32.2. The Hall–Kier alpha value is -5.24. The molecule has 1 heterocycles. The molecule has 0 fully saturated rings. The molecule has 3 nitrogen and oxygen atoms in total.